The largest absolute Gasteiger partial charge is 0.489 e. The Balaban J connectivity index is 1.80. The van der Waals surface area contributed by atoms with E-state index in [1.807, 2.05) is 37.3 Å². The molecular formula is C22H19FO2. The highest BCUT2D eigenvalue weighted by atomic mass is 19.1. The Kier molecular flexibility index (Phi) is 5.24. The van der Waals surface area contributed by atoms with Gasteiger partial charge in [-0.15, -0.1) is 0 Å². The molecule has 0 unspecified atom stereocenters. The minimum atomic E-state index is -0.318. The first kappa shape index (κ1) is 16.9. The Bertz CT molecular complexity index is 855. The lowest BCUT2D eigenvalue weighted by atomic mass is 10.0. The van der Waals surface area contributed by atoms with E-state index in [4.69, 9.17) is 4.74 Å². The second kappa shape index (κ2) is 7.75. The minimum Gasteiger partial charge on any atom is -0.489 e. The molecule has 0 atom stereocenters. The monoisotopic (exact) mass is 334 g/mol. The van der Waals surface area contributed by atoms with Crippen molar-refractivity contribution < 1.29 is 13.9 Å². The van der Waals surface area contributed by atoms with Gasteiger partial charge in [-0.25, -0.2) is 4.39 Å². The maximum atomic E-state index is 14.2. The number of hydrogen-bond acceptors (Lipinski definition) is 2. The van der Waals surface area contributed by atoms with E-state index >= 15 is 0 Å². The molecule has 0 saturated heterocycles. The normalized spacial score (nSPS) is 10.5. The van der Waals surface area contributed by atoms with Crippen molar-refractivity contribution in [3.63, 3.8) is 0 Å². The standard InChI is InChI=1S/C22H19FO2/c1-2-22(24)18-10-8-17(9-11-18)20-14-19(12-13-21(20)23)25-15-16-6-4-3-5-7-16/h3-14H,2,15H2,1H3. The Morgan fingerprint density at radius 1 is 0.960 bits per heavy atom. The molecule has 25 heavy (non-hydrogen) atoms. The van der Waals surface area contributed by atoms with E-state index in [1.165, 1.54) is 6.07 Å². The average molecular weight is 334 g/mol. The average Bonchev–Trinajstić information content (AvgIpc) is 2.67. The van der Waals surface area contributed by atoms with Crippen molar-refractivity contribution in [1.82, 2.24) is 0 Å². The number of benzene rings is 3. The van der Waals surface area contributed by atoms with E-state index in [9.17, 15) is 9.18 Å². The van der Waals surface area contributed by atoms with Crippen LogP contribution in [-0.4, -0.2) is 5.78 Å². The molecule has 3 rings (SSSR count). The van der Waals surface area contributed by atoms with Gasteiger partial charge in [-0.3, -0.25) is 4.79 Å². The van der Waals surface area contributed by atoms with E-state index in [0.29, 0.717) is 29.9 Å². The van der Waals surface area contributed by atoms with Crippen LogP contribution >= 0.6 is 0 Å². The van der Waals surface area contributed by atoms with Crippen LogP contribution in [-0.2, 0) is 6.61 Å². The van der Waals surface area contributed by atoms with Gasteiger partial charge in [-0.05, 0) is 29.3 Å². The topological polar surface area (TPSA) is 26.3 Å². The van der Waals surface area contributed by atoms with Gasteiger partial charge in [-0.1, -0.05) is 61.5 Å². The predicted molar refractivity (Wildman–Crippen MR) is 97.2 cm³/mol. The lowest BCUT2D eigenvalue weighted by Crippen LogP contribution is -1.97. The minimum absolute atomic E-state index is 0.0759. The Morgan fingerprint density at radius 2 is 1.68 bits per heavy atom. The highest BCUT2D eigenvalue weighted by Crippen LogP contribution is 2.28. The van der Waals surface area contributed by atoms with Gasteiger partial charge in [0.2, 0.25) is 0 Å². The molecule has 3 aromatic carbocycles. The molecule has 0 radical (unpaired) electrons. The first-order chi connectivity index (χ1) is 12.2. The first-order valence-corrected chi connectivity index (χ1v) is 8.27. The molecule has 2 nitrogen and oxygen atoms in total. The zero-order valence-corrected chi connectivity index (χ0v) is 14.0. The van der Waals surface area contributed by atoms with Gasteiger partial charge in [0, 0.05) is 17.5 Å². The highest BCUT2D eigenvalue weighted by molar-refractivity contribution is 5.96. The molecule has 3 heteroatoms. The molecule has 0 aliphatic carbocycles. The third-order valence-electron chi connectivity index (χ3n) is 4.03. The number of halogens is 1. The summed E-state index contributed by atoms with van der Waals surface area (Å²) in [5.41, 5.74) is 2.87. The van der Waals surface area contributed by atoms with Gasteiger partial charge in [-0.2, -0.15) is 0 Å². The van der Waals surface area contributed by atoms with Crippen molar-refractivity contribution in [2.75, 3.05) is 0 Å². The number of carbonyl (C=O) groups excluding carboxylic acids is 1. The zero-order chi connectivity index (χ0) is 17.6. The summed E-state index contributed by atoms with van der Waals surface area (Å²) in [6, 6.07) is 21.5. The molecule has 0 bridgehead atoms. The third-order valence-corrected chi connectivity index (χ3v) is 4.03. The van der Waals surface area contributed by atoms with Crippen LogP contribution in [0.2, 0.25) is 0 Å². The van der Waals surface area contributed by atoms with Gasteiger partial charge < -0.3 is 4.74 Å². The fourth-order valence-corrected chi connectivity index (χ4v) is 2.60. The van der Waals surface area contributed by atoms with Gasteiger partial charge in [0.05, 0.1) is 0 Å². The number of carbonyl (C=O) groups is 1. The summed E-state index contributed by atoms with van der Waals surface area (Å²) in [5.74, 6) is 0.363. The molecule has 0 saturated carbocycles. The quantitative estimate of drug-likeness (QED) is 0.543. The lowest BCUT2D eigenvalue weighted by Gasteiger charge is -2.10. The molecule has 0 spiro atoms. The highest BCUT2D eigenvalue weighted by Gasteiger charge is 2.09. The number of hydrogen-bond donors (Lipinski definition) is 0. The van der Waals surface area contributed by atoms with E-state index in [0.717, 1.165) is 11.1 Å². The van der Waals surface area contributed by atoms with Crippen molar-refractivity contribution in [3.05, 3.63) is 89.7 Å². The molecule has 126 valence electrons. The maximum Gasteiger partial charge on any atom is 0.162 e. The van der Waals surface area contributed by atoms with Gasteiger partial charge in [0.15, 0.2) is 5.78 Å². The van der Waals surface area contributed by atoms with Crippen LogP contribution in [0.1, 0.15) is 29.3 Å². The van der Waals surface area contributed by atoms with Crippen molar-refractivity contribution in [2.45, 2.75) is 20.0 Å². The number of rotatable bonds is 6. The maximum absolute atomic E-state index is 14.2. The summed E-state index contributed by atoms with van der Waals surface area (Å²) in [4.78, 5) is 11.7. The summed E-state index contributed by atoms with van der Waals surface area (Å²) in [6.07, 6.45) is 0.455. The van der Waals surface area contributed by atoms with Crippen LogP contribution in [0.4, 0.5) is 4.39 Å². The summed E-state index contributed by atoms with van der Waals surface area (Å²) >= 11 is 0. The number of Topliss-reactive ketones (excluding diaryl/α,β-unsaturated/α-hetero) is 1. The molecule has 0 N–H and O–H groups in total. The zero-order valence-electron chi connectivity index (χ0n) is 14.0. The number of ether oxygens (including phenoxy) is 1. The van der Waals surface area contributed by atoms with Crippen molar-refractivity contribution in [3.8, 4) is 16.9 Å². The SMILES string of the molecule is CCC(=O)c1ccc(-c2cc(OCc3ccccc3)ccc2F)cc1. The van der Waals surface area contributed by atoms with E-state index in [2.05, 4.69) is 0 Å². The molecule has 0 fully saturated rings. The van der Waals surface area contributed by atoms with E-state index < -0.39 is 0 Å². The van der Waals surface area contributed by atoms with Crippen LogP contribution in [0, 0.1) is 5.82 Å². The Morgan fingerprint density at radius 3 is 2.36 bits per heavy atom. The van der Waals surface area contributed by atoms with Crippen LogP contribution in [0.25, 0.3) is 11.1 Å². The van der Waals surface area contributed by atoms with Gasteiger partial charge in [0.1, 0.15) is 18.2 Å². The van der Waals surface area contributed by atoms with E-state index in [1.54, 1.807) is 36.4 Å². The molecule has 0 aromatic heterocycles. The summed E-state index contributed by atoms with van der Waals surface area (Å²) in [7, 11) is 0. The van der Waals surface area contributed by atoms with Gasteiger partial charge in [0.25, 0.3) is 0 Å². The molecule has 0 aliphatic rings. The number of ketones is 1. The molecular weight excluding hydrogens is 315 g/mol. The molecule has 3 aromatic rings. The lowest BCUT2D eigenvalue weighted by molar-refractivity contribution is 0.0988. The fraction of sp³-hybridized carbons (Fsp3) is 0.136. The van der Waals surface area contributed by atoms with Gasteiger partial charge >= 0.3 is 0 Å². The van der Waals surface area contributed by atoms with Crippen molar-refractivity contribution in [2.24, 2.45) is 0 Å². The first-order valence-electron chi connectivity index (χ1n) is 8.27. The Labute approximate surface area is 146 Å². The Hall–Kier alpha value is -2.94. The van der Waals surface area contributed by atoms with Crippen LogP contribution in [0.15, 0.2) is 72.8 Å². The third kappa shape index (κ3) is 4.13. The van der Waals surface area contributed by atoms with Crippen molar-refractivity contribution >= 4 is 5.78 Å². The second-order valence-electron chi connectivity index (χ2n) is 5.77. The summed E-state index contributed by atoms with van der Waals surface area (Å²) < 4.78 is 20.0. The van der Waals surface area contributed by atoms with Crippen LogP contribution < -0.4 is 4.74 Å². The van der Waals surface area contributed by atoms with E-state index in [-0.39, 0.29) is 11.6 Å². The molecule has 0 heterocycles. The smallest absolute Gasteiger partial charge is 0.162 e. The van der Waals surface area contributed by atoms with Crippen LogP contribution in [0.3, 0.4) is 0 Å². The fourth-order valence-electron chi connectivity index (χ4n) is 2.60. The van der Waals surface area contributed by atoms with Crippen LogP contribution in [0.5, 0.6) is 5.75 Å². The summed E-state index contributed by atoms with van der Waals surface area (Å²) in [5, 5.41) is 0. The van der Waals surface area contributed by atoms with Crippen molar-refractivity contribution in [1.29, 1.82) is 0 Å². The molecule has 0 amide bonds. The predicted octanol–water partition coefficient (Wildman–Crippen LogP) is 5.66. The summed E-state index contributed by atoms with van der Waals surface area (Å²) in [6.45, 7) is 2.25. The second-order valence-corrected chi connectivity index (χ2v) is 5.77. The molecule has 0 aliphatic heterocycles.